The second-order valence-electron chi connectivity index (χ2n) is 7.59. The van der Waals surface area contributed by atoms with Crippen molar-refractivity contribution in [1.29, 1.82) is 0 Å². The lowest BCUT2D eigenvalue weighted by molar-refractivity contribution is -0.0660. The van der Waals surface area contributed by atoms with E-state index in [9.17, 15) is 9.50 Å². The molecule has 1 aliphatic rings. The van der Waals surface area contributed by atoms with Crippen LogP contribution in [0.3, 0.4) is 0 Å². The van der Waals surface area contributed by atoms with Crippen LogP contribution < -0.4 is 0 Å². The molecule has 2 aromatic heterocycles. The van der Waals surface area contributed by atoms with E-state index in [1.165, 1.54) is 12.1 Å². The van der Waals surface area contributed by atoms with Gasteiger partial charge < -0.3 is 9.84 Å². The molecular weight excluding hydrogens is 433 g/mol. The number of aliphatic hydroxyl groups is 1. The second kappa shape index (κ2) is 8.91. The Balaban J connectivity index is 1.63. The van der Waals surface area contributed by atoms with Gasteiger partial charge in [-0.3, -0.25) is 4.90 Å². The van der Waals surface area contributed by atoms with Crippen LogP contribution in [-0.4, -0.2) is 62.5 Å². The van der Waals surface area contributed by atoms with Crippen LogP contribution in [0.2, 0.25) is 5.02 Å². The number of nitrogens with zero attached hydrogens (tertiary/aromatic N) is 5. The third-order valence-electron chi connectivity index (χ3n) is 5.57. The molecule has 4 aromatic rings. The summed E-state index contributed by atoms with van der Waals surface area (Å²) in [6, 6.07) is 15.6. The van der Waals surface area contributed by atoms with Crippen molar-refractivity contribution in [3.63, 3.8) is 0 Å². The monoisotopic (exact) mass is 453 g/mol. The Hall–Kier alpha value is -2.91. The zero-order valence-corrected chi connectivity index (χ0v) is 17.9. The van der Waals surface area contributed by atoms with Crippen molar-refractivity contribution in [2.24, 2.45) is 0 Å². The minimum absolute atomic E-state index is 0.188. The Bertz CT molecular complexity index is 1230. The lowest BCUT2D eigenvalue weighted by Gasteiger charge is -2.30. The molecule has 0 spiro atoms. The van der Waals surface area contributed by atoms with Crippen LogP contribution >= 0.6 is 11.6 Å². The summed E-state index contributed by atoms with van der Waals surface area (Å²) in [5.41, 5.74) is 3.09. The van der Waals surface area contributed by atoms with Gasteiger partial charge in [0.2, 0.25) is 0 Å². The van der Waals surface area contributed by atoms with E-state index < -0.39 is 6.23 Å². The Morgan fingerprint density at radius 2 is 1.66 bits per heavy atom. The van der Waals surface area contributed by atoms with E-state index in [1.807, 2.05) is 35.2 Å². The summed E-state index contributed by atoms with van der Waals surface area (Å²) in [5, 5.41) is 25.3. The van der Waals surface area contributed by atoms with E-state index in [-0.39, 0.29) is 12.4 Å². The summed E-state index contributed by atoms with van der Waals surface area (Å²) in [6.45, 7) is 2.60. The van der Waals surface area contributed by atoms with E-state index in [4.69, 9.17) is 21.4 Å². The molecule has 1 saturated heterocycles. The van der Waals surface area contributed by atoms with Crippen molar-refractivity contribution in [1.82, 2.24) is 24.9 Å². The highest BCUT2D eigenvalue weighted by Gasteiger charge is 2.25. The first kappa shape index (κ1) is 21.0. The molecule has 3 heterocycles. The number of hydrogen-bond donors (Lipinski definition) is 1. The van der Waals surface area contributed by atoms with E-state index >= 15 is 0 Å². The van der Waals surface area contributed by atoms with Gasteiger partial charge >= 0.3 is 0 Å². The smallest absolute Gasteiger partial charge is 0.182 e. The zero-order chi connectivity index (χ0) is 22.1. The molecule has 0 aliphatic carbocycles. The molecule has 1 fully saturated rings. The lowest BCUT2D eigenvalue weighted by Crippen LogP contribution is -2.45. The Kier molecular flexibility index (Phi) is 5.84. The second-order valence-corrected chi connectivity index (χ2v) is 7.97. The zero-order valence-electron chi connectivity index (χ0n) is 17.2. The van der Waals surface area contributed by atoms with Crippen molar-refractivity contribution < 1.29 is 14.2 Å². The van der Waals surface area contributed by atoms with Crippen LogP contribution in [0.25, 0.3) is 33.5 Å². The van der Waals surface area contributed by atoms with Crippen LogP contribution in [0.15, 0.2) is 54.6 Å². The average molecular weight is 454 g/mol. The van der Waals surface area contributed by atoms with Gasteiger partial charge in [0.15, 0.2) is 5.65 Å². The molecule has 1 aliphatic heterocycles. The molecule has 0 radical (unpaired) electrons. The third kappa shape index (κ3) is 3.98. The minimum atomic E-state index is -0.766. The predicted octanol–water partition coefficient (Wildman–Crippen LogP) is 3.60. The maximum atomic E-state index is 13.5. The molecule has 32 heavy (non-hydrogen) atoms. The molecule has 1 unspecified atom stereocenters. The predicted molar refractivity (Wildman–Crippen MR) is 120 cm³/mol. The third-order valence-corrected chi connectivity index (χ3v) is 5.93. The molecule has 7 nitrogen and oxygen atoms in total. The van der Waals surface area contributed by atoms with Gasteiger partial charge in [0.1, 0.15) is 23.4 Å². The standard InChI is InChI=1S/C23H21ClFN5O2/c24-20-19-21(16-6-8-17(25)9-7-16)28-30(14-18(31)29-10-12-32-13-11-29)23(19)27-26-22(20)15-4-2-1-3-5-15/h1-9,18,31H,10-14H2. The molecule has 164 valence electrons. The molecule has 0 amide bonds. The maximum Gasteiger partial charge on any atom is 0.182 e. The van der Waals surface area contributed by atoms with Gasteiger partial charge in [-0.1, -0.05) is 41.9 Å². The normalized spacial score (nSPS) is 15.8. The summed E-state index contributed by atoms with van der Waals surface area (Å²) >= 11 is 6.84. The molecule has 0 saturated carbocycles. The Labute approximate surface area is 189 Å². The number of fused-ring (bicyclic) bond motifs is 1. The van der Waals surface area contributed by atoms with Gasteiger partial charge in [0.05, 0.1) is 30.2 Å². The van der Waals surface area contributed by atoms with E-state index in [2.05, 4.69) is 10.2 Å². The number of aliphatic hydroxyl groups excluding tert-OH is 1. The molecule has 5 rings (SSSR count). The first-order chi connectivity index (χ1) is 15.6. The fourth-order valence-corrected chi connectivity index (χ4v) is 4.20. The van der Waals surface area contributed by atoms with Crippen LogP contribution in [0.5, 0.6) is 0 Å². The highest BCUT2D eigenvalue weighted by molar-refractivity contribution is 6.38. The number of hydrogen-bond acceptors (Lipinski definition) is 6. The van der Waals surface area contributed by atoms with Crippen LogP contribution in [0, 0.1) is 5.82 Å². The summed E-state index contributed by atoms with van der Waals surface area (Å²) in [6.07, 6.45) is -0.766. The van der Waals surface area contributed by atoms with Gasteiger partial charge in [-0.05, 0) is 24.3 Å². The van der Waals surface area contributed by atoms with Gasteiger partial charge in [-0.2, -0.15) is 5.10 Å². The molecule has 9 heteroatoms. The largest absolute Gasteiger partial charge is 0.379 e. The van der Waals surface area contributed by atoms with Gasteiger partial charge in [0, 0.05) is 24.2 Å². The molecule has 1 atom stereocenters. The SMILES string of the molecule is OC(Cn1nc(-c2ccc(F)cc2)c2c(Cl)c(-c3ccccc3)nnc21)N1CCOCC1. The van der Waals surface area contributed by atoms with Crippen LogP contribution in [-0.2, 0) is 11.3 Å². The summed E-state index contributed by atoms with van der Waals surface area (Å²) < 4.78 is 20.5. The van der Waals surface area contributed by atoms with Gasteiger partial charge in [-0.15, -0.1) is 10.2 Å². The molecule has 0 bridgehead atoms. The minimum Gasteiger partial charge on any atom is -0.379 e. The quantitative estimate of drug-likeness (QED) is 0.497. The average Bonchev–Trinajstić information content (AvgIpc) is 3.20. The summed E-state index contributed by atoms with van der Waals surface area (Å²) in [7, 11) is 0. The molecule has 1 N–H and O–H groups in total. The van der Waals surface area contributed by atoms with Gasteiger partial charge in [0.25, 0.3) is 0 Å². The topological polar surface area (TPSA) is 76.3 Å². The number of halogens is 2. The van der Waals surface area contributed by atoms with E-state index in [0.29, 0.717) is 59.3 Å². The first-order valence-corrected chi connectivity index (χ1v) is 10.7. The summed E-state index contributed by atoms with van der Waals surface area (Å²) in [5.74, 6) is -0.337. The lowest BCUT2D eigenvalue weighted by atomic mass is 10.1. The van der Waals surface area contributed by atoms with Crippen molar-refractivity contribution >= 4 is 22.6 Å². The molecule has 2 aromatic carbocycles. The highest BCUT2D eigenvalue weighted by Crippen LogP contribution is 2.37. The summed E-state index contributed by atoms with van der Waals surface area (Å²) in [4.78, 5) is 1.93. The molecular formula is C23H21ClFN5O2. The van der Waals surface area contributed by atoms with E-state index in [1.54, 1.807) is 16.8 Å². The highest BCUT2D eigenvalue weighted by atomic mass is 35.5. The number of morpholine rings is 1. The fraction of sp³-hybridized carbons (Fsp3) is 0.261. The van der Waals surface area contributed by atoms with Crippen LogP contribution in [0.4, 0.5) is 4.39 Å². The number of aromatic nitrogens is 4. The first-order valence-electron chi connectivity index (χ1n) is 10.4. The Morgan fingerprint density at radius 1 is 0.969 bits per heavy atom. The van der Waals surface area contributed by atoms with Crippen LogP contribution in [0.1, 0.15) is 0 Å². The fourth-order valence-electron chi connectivity index (χ4n) is 3.88. The van der Waals surface area contributed by atoms with Crippen molar-refractivity contribution in [2.45, 2.75) is 12.8 Å². The number of ether oxygens (including phenoxy) is 1. The van der Waals surface area contributed by atoms with Crippen molar-refractivity contribution in [2.75, 3.05) is 26.3 Å². The number of rotatable bonds is 5. The number of benzene rings is 2. The Morgan fingerprint density at radius 3 is 2.38 bits per heavy atom. The van der Waals surface area contributed by atoms with E-state index in [0.717, 1.165) is 5.56 Å². The van der Waals surface area contributed by atoms with Crippen molar-refractivity contribution in [3.8, 4) is 22.5 Å². The maximum absolute atomic E-state index is 13.5. The van der Waals surface area contributed by atoms with Crippen molar-refractivity contribution in [3.05, 3.63) is 65.4 Å². The van der Waals surface area contributed by atoms with Gasteiger partial charge in [-0.25, -0.2) is 9.07 Å².